The molecule has 1 aliphatic rings. The molecular weight excluding hydrogens is 370 g/mol. The maximum absolute atomic E-state index is 12.3. The fourth-order valence-electron chi connectivity index (χ4n) is 2.87. The van der Waals surface area contributed by atoms with Crippen molar-refractivity contribution in [3.8, 4) is 0 Å². The number of morpholine rings is 1. The Labute approximate surface area is 153 Å². The minimum absolute atomic E-state index is 0.0551. The molecule has 0 aliphatic carbocycles. The number of carbonyl (C=O) groups excluding carboxylic acids is 1. The third-order valence-corrected chi connectivity index (χ3v) is 5.17. The standard InChI is InChI=1S/C18H28BrN3O2/c1-18(2,22-8-10-24-11-9-22)14-20-17(23)13-21(3)12-15-6-4-5-7-16(15)19/h4-7H,8-14H2,1-3H3,(H,20,23). The molecule has 134 valence electrons. The Morgan fingerprint density at radius 3 is 2.67 bits per heavy atom. The van der Waals surface area contributed by atoms with E-state index in [-0.39, 0.29) is 11.4 Å². The topological polar surface area (TPSA) is 44.8 Å². The van der Waals surface area contributed by atoms with Gasteiger partial charge < -0.3 is 10.1 Å². The lowest BCUT2D eigenvalue weighted by atomic mass is 10.0. The third kappa shape index (κ3) is 5.84. The number of rotatable bonds is 7. The number of hydrogen-bond acceptors (Lipinski definition) is 4. The number of carbonyl (C=O) groups is 1. The van der Waals surface area contributed by atoms with Gasteiger partial charge in [-0.25, -0.2) is 0 Å². The first-order valence-electron chi connectivity index (χ1n) is 8.40. The Bertz CT molecular complexity index is 545. The zero-order valence-electron chi connectivity index (χ0n) is 14.8. The predicted octanol–water partition coefficient (Wildman–Crippen LogP) is 2.11. The van der Waals surface area contributed by atoms with Crippen LogP contribution < -0.4 is 5.32 Å². The molecule has 1 fully saturated rings. The number of ether oxygens (including phenoxy) is 1. The second-order valence-electron chi connectivity index (χ2n) is 6.95. The first-order chi connectivity index (χ1) is 11.4. The summed E-state index contributed by atoms with van der Waals surface area (Å²) in [5, 5.41) is 3.08. The lowest BCUT2D eigenvalue weighted by Crippen LogP contribution is -2.56. The number of likely N-dealkylation sites (N-methyl/N-ethyl adjacent to an activating group) is 1. The van der Waals surface area contributed by atoms with Crippen LogP contribution in [-0.2, 0) is 16.1 Å². The molecule has 1 heterocycles. The number of nitrogens with one attached hydrogen (secondary N) is 1. The molecule has 1 N–H and O–H groups in total. The molecule has 0 radical (unpaired) electrons. The summed E-state index contributed by atoms with van der Waals surface area (Å²) < 4.78 is 6.47. The second-order valence-corrected chi connectivity index (χ2v) is 7.81. The van der Waals surface area contributed by atoms with Crippen LogP contribution in [0.5, 0.6) is 0 Å². The molecule has 1 aliphatic heterocycles. The van der Waals surface area contributed by atoms with Crippen molar-refractivity contribution in [3.63, 3.8) is 0 Å². The molecule has 1 aromatic rings. The van der Waals surface area contributed by atoms with E-state index in [4.69, 9.17) is 4.74 Å². The van der Waals surface area contributed by atoms with Crippen molar-refractivity contribution in [2.45, 2.75) is 25.9 Å². The molecule has 24 heavy (non-hydrogen) atoms. The van der Waals surface area contributed by atoms with E-state index >= 15 is 0 Å². The fourth-order valence-corrected chi connectivity index (χ4v) is 3.28. The molecule has 0 unspecified atom stereocenters. The normalized spacial score (nSPS) is 16.4. The molecular formula is C18H28BrN3O2. The van der Waals surface area contributed by atoms with Crippen molar-refractivity contribution in [1.29, 1.82) is 0 Å². The quantitative estimate of drug-likeness (QED) is 0.764. The summed E-state index contributed by atoms with van der Waals surface area (Å²) in [7, 11) is 1.96. The minimum atomic E-state index is -0.0551. The monoisotopic (exact) mass is 397 g/mol. The van der Waals surface area contributed by atoms with E-state index in [9.17, 15) is 4.79 Å². The lowest BCUT2D eigenvalue weighted by molar-refractivity contribution is -0.122. The average Bonchev–Trinajstić information content (AvgIpc) is 2.56. The van der Waals surface area contributed by atoms with E-state index in [1.54, 1.807) is 0 Å². The van der Waals surface area contributed by atoms with Crippen LogP contribution in [0.3, 0.4) is 0 Å². The maximum Gasteiger partial charge on any atom is 0.234 e. The molecule has 6 heteroatoms. The van der Waals surface area contributed by atoms with Crippen LogP contribution in [0, 0.1) is 0 Å². The molecule has 0 saturated carbocycles. The average molecular weight is 398 g/mol. The Hall–Kier alpha value is -0.950. The molecule has 0 aromatic heterocycles. The van der Waals surface area contributed by atoms with Crippen LogP contribution in [0.2, 0.25) is 0 Å². The summed E-state index contributed by atoms with van der Waals surface area (Å²) in [5.74, 6) is 0.0610. The van der Waals surface area contributed by atoms with E-state index in [0.29, 0.717) is 13.1 Å². The van der Waals surface area contributed by atoms with Crippen molar-refractivity contribution in [2.24, 2.45) is 0 Å². The van der Waals surface area contributed by atoms with Crippen LogP contribution >= 0.6 is 15.9 Å². The number of halogens is 1. The van der Waals surface area contributed by atoms with Crippen molar-refractivity contribution < 1.29 is 9.53 Å². The van der Waals surface area contributed by atoms with E-state index < -0.39 is 0 Å². The zero-order valence-corrected chi connectivity index (χ0v) is 16.4. The van der Waals surface area contributed by atoms with Gasteiger partial charge in [-0.1, -0.05) is 34.1 Å². The molecule has 1 saturated heterocycles. The van der Waals surface area contributed by atoms with Gasteiger partial charge in [0.1, 0.15) is 0 Å². The number of benzene rings is 1. The summed E-state index contributed by atoms with van der Waals surface area (Å²) in [6, 6.07) is 8.10. The van der Waals surface area contributed by atoms with Gasteiger partial charge in [0.15, 0.2) is 0 Å². The highest BCUT2D eigenvalue weighted by molar-refractivity contribution is 9.10. The summed E-state index contributed by atoms with van der Waals surface area (Å²) in [5.41, 5.74) is 1.13. The Balaban J connectivity index is 1.77. The highest BCUT2D eigenvalue weighted by Gasteiger charge is 2.28. The molecule has 1 amide bonds. The molecule has 5 nitrogen and oxygen atoms in total. The van der Waals surface area contributed by atoms with Crippen molar-refractivity contribution in [3.05, 3.63) is 34.3 Å². The predicted molar refractivity (Wildman–Crippen MR) is 100.0 cm³/mol. The van der Waals surface area contributed by atoms with Gasteiger partial charge in [0.05, 0.1) is 19.8 Å². The Morgan fingerprint density at radius 2 is 2.00 bits per heavy atom. The van der Waals surface area contributed by atoms with Gasteiger partial charge in [0.2, 0.25) is 5.91 Å². The zero-order chi connectivity index (χ0) is 17.6. The van der Waals surface area contributed by atoms with Gasteiger partial charge >= 0.3 is 0 Å². The molecule has 2 rings (SSSR count). The molecule has 0 bridgehead atoms. The van der Waals surface area contributed by atoms with E-state index in [2.05, 4.69) is 46.1 Å². The lowest BCUT2D eigenvalue weighted by Gasteiger charge is -2.40. The van der Waals surface area contributed by atoms with E-state index in [1.165, 1.54) is 5.56 Å². The summed E-state index contributed by atoms with van der Waals surface area (Å²) in [4.78, 5) is 16.7. The SMILES string of the molecule is CN(CC(=O)NCC(C)(C)N1CCOCC1)Cc1ccccc1Br. The van der Waals surface area contributed by atoms with Gasteiger partial charge in [-0.05, 0) is 32.5 Å². The van der Waals surface area contributed by atoms with Crippen molar-refractivity contribution >= 4 is 21.8 Å². The maximum atomic E-state index is 12.3. The molecule has 1 aromatic carbocycles. The minimum Gasteiger partial charge on any atom is -0.379 e. The summed E-state index contributed by atoms with van der Waals surface area (Å²) in [6.45, 7) is 9.50. The highest BCUT2D eigenvalue weighted by atomic mass is 79.9. The van der Waals surface area contributed by atoms with Gasteiger partial charge in [-0.15, -0.1) is 0 Å². The van der Waals surface area contributed by atoms with E-state index in [0.717, 1.165) is 37.3 Å². The number of amides is 1. The fraction of sp³-hybridized carbons (Fsp3) is 0.611. The summed E-state index contributed by atoms with van der Waals surface area (Å²) >= 11 is 3.55. The van der Waals surface area contributed by atoms with Gasteiger partial charge in [-0.2, -0.15) is 0 Å². The number of hydrogen-bond donors (Lipinski definition) is 1. The first-order valence-corrected chi connectivity index (χ1v) is 9.19. The third-order valence-electron chi connectivity index (χ3n) is 4.40. The van der Waals surface area contributed by atoms with Gasteiger partial charge in [0, 0.05) is 36.2 Å². The smallest absolute Gasteiger partial charge is 0.234 e. The largest absolute Gasteiger partial charge is 0.379 e. The van der Waals surface area contributed by atoms with Gasteiger partial charge in [-0.3, -0.25) is 14.6 Å². The highest BCUT2D eigenvalue weighted by Crippen LogP contribution is 2.17. The Kier molecular flexibility index (Phi) is 7.22. The van der Waals surface area contributed by atoms with E-state index in [1.807, 2.05) is 30.1 Å². The molecule has 0 atom stereocenters. The summed E-state index contributed by atoms with van der Waals surface area (Å²) in [6.07, 6.45) is 0. The Morgan fingerprint density at radius 1 is 1.33 bits per heavy atom. The van der Waals surface area contributed by atoms with Crippen LogP contribution in [0.25, 0.3) is 0 Å². The number of nitrogens with zero attached hydrogens (tertiary/aromatic N) is 2. The second kappa shape index (κ2) is 8.94. The first kappa shape index (κ1) is 19.4. The van der Waals surface area contributed by atoms with Crippen molar-refractivity contribution in [2.75, 3.05) is 46.4 Å². The van der Waals surface area contributed by atoms with Gasteiger partial charge in [0.25, 0.3) is 0 Å². The van der Waals surface area contributed by atoms with Crippen LogP contribution in [-0.4, -0.2) is 67.7 Å². The van der Waals surface area contributed by atoms with Crippen molar-refractivity contribution in [1.82, 2.24) is 15.1 Å². The molecule has 0 spiro atoms. The van der Waals surface area contributed by atoms with Crippen LogP contribution in [0.4, 0.5) is 0 Å². The van der Waals surface area contributed by atoms with Crippen LogP contribution in [0.1, 0.15) is 19.4 Å². The van der Waals surface area contributed by atoms with Crippen LogP contribution in [0.15, 0.2) is 28.7 Å².